The molecule has 1 fully saturated rings. The van der Waals surface area contributed by atoms with Crippen molar-refractivity contribution in [3.63, 3.8) is 0 Å². The van der Waals surface area contributed by atoms with Crippen LogP contribution < -0.4 is 9.64 Å². The van der Waals surface area contributed by atoms with E-state index in [2.05, 4.69) is 0 Å². The molecule has 5 nitrogen and oxygen atoms in total. The molecule has 3 unspecified atom stereocenters. The van der Waals surface area contributed by atoms with Crippen LogP contribution in [0.5, 0.6) is 5.75 Å². The predicted molar refractivity (Wildman–Crippen MR) is 74.8 cm³/mol. The third-order valence-electron chi connectivity index (χ3n) is 4.00. The lowest BCUT2D eigenvalue weighted by molar-refractivity contribution is -0.146. The molecule has 3 atom stereocenters. The number of piperidine rings is 1. The summed E-state index contributed by atoms with van der Waals surface area (Å²) >= 11 is 0. The molecular formula is C15H18FNO4. The first kappa shape index (κ1) is 15.3. The Morgan fingerprint density at radius 1 is 1.43 bits per heavy atom. The molecule has 1 aliphatic rings. The molecule has 1 saturated heterocycles. The van der Waals surface area contributed by atoms with Crippen LogP contribution in [0.15, 0.2) is 18.2 Å². The summed E-state index contributed by atoms with van der Waals surface area (Å²) in [6, 6.07) is 3.65. The lowest BCUT2D eigenvalue weighted by Crippen LogP contribution is -2.53. The van der Waals surface area contributed by atoms with E-state index in [9.17, 15) is 19.1 Å². The van der Waals surface area contributed by atoms with E-state index >= 15 is 0 Å². The molecule has 0 aliphatic carbocycles. The third-order valence-corrected chi connectivity index (χ3v) is 4.00. The maximum atomic E-state index is 13.8. The molecule has 1 amide bonds. The van der Waals surface area contributed by atoms with Gasteiger partial charge in [-0.05, 0) is 25.0 Å². The van der Waals surface area contributed by atoms with Crippen LogP contribution in [0.3, 0.4) is 0 Å². The summed E-state index contributed by atoms with van der Waals surface area (Å²) in [5, 5.41) is 9.33. The van der Waals surface area contributed by atoms with Gasteiger partial charge in [-0.25, -0.2) is 4.39 Å². The standard InChI is InChI=1S/C15H18FNO4/c1-8-6-13(18)17(9(2)14(8)15(19)20)10-4-5-12(21-3)11(16)7-10/h4-5,7-9,14H,6H2,1-3H3,(H,19,20). The number of halogens is 1. The molecule has 6 heteroatoms. The number of carboxylic acid groups (broad SMARTS) is 1. The number of hydrogen-bond acceptors (Lipinski definition) is 3. The number of anilines is 1. The van der Waals surface area contributed by atoms with E-state index < -0.39 is 23.7 Å². The van der Waals surface area contributed by atoms with Gasteiger partial charge in [0.25, 0.3) is 0 Å². The van der Waals surface area contributed by atoms with Crippen molar-refractivity contribution in [1.29, 1.82) is 0 Å². The lowest BCUT2D eigenvalue weighted by atomic mass is 9.80. The van der Waals surface area contributed by atoms with Gasteiger partial charge in [0.1, 0.15) is 0 Å². The van der Waals surface area contributed by atoms with Crippen molar-refractivity contribution >= 4 is 17.6 Å². The number of carbonyl (C=O) groups excluding carboxylic acids is 1. The first-order chi connectivity index (χ1) is 9.86. The molecule has 1 N–H and O–H groups in total. The van der Waals surface area contributed by atoms with Gasteiger partial charge in [0.2, 0.25) is 5.91 Å². The van der Waals surface area contributed by atoms with Crippen LogP contribution in [0.4, 0.5) is 10.1 Å². The van der Waals surface area contributed by atoms with Crippen LogP contribution in [-0.2, 0) is 9.59 Å². The number of benzene rings is 1. The molecule has 0 saturated carbocycles. The summed E-state index contributed by atoms with van der Waals surface area (Å²) in [5.74, 6) is -2.56. The summed E-state index contributed by atoms with van der Waals surface area (Å²) in [5.41, 5.74) is 0.351. The zero-order chi connectivity index (χ0) is 15.7. The topological polar surface area (TPSA) is 66.8 Å². The molecule has 0 aromatic heterocycles. The minimum Gasteiger partial charge on any atom is -0.494 e. The minimum atomic E-state index is -0.943. The molecule has 1 aromatic rings. The molecule has 1 aliphatic heterocycles. The average molecular weight is 295 g/mol. The van der Waals surface area contributed by atoms with E-state index in [0.717, 1.165) is 0 Å². The summed E-state index contributed by atoms with van der Waals surface area (Å²) in [7, 11) is 1.36. The van der Waals surface area contributed by atoms with Crippen LogP contribution in [0.2, 0.25) is 0 Å². The fourth-order valence-corrected chi connectivity index (χ4v) is 3.00. The Hall–Kier alpha value is -2.11. The summed E-state index contributed by atoms with van der Waals surface area (Å²) in [4.78, 5) is 25.0. The number of methoxy groups -OCH3 is 1. The highest BCUT2D eigenvalue weighted by molar-refractivity contribution is 5.96. The zero-order valence-corrected chi connectivity index (χ0v) is 12.2. The molecule has 2 rings (SSSR count). The largest absolute Gasteiger partial charge is 0.494 e. The third kappa shape index (κ3) is 2.70. The van der Waals surface area contributed by atoms with Crippen LogP contribution in [0.1, 0.15) is 20.3 Å². The van der Waals surface area contributed by atoms with Gasteiger partial charge in [0.05, 0.1) is 13.0 Å². The Bertz CT molecular complexity index is 575. The second kappa shape index (κ2) is 5.71. The van der Waals surface area contributed by atoms with Crippen molar-refractivity contribution in [1.82, 2.24) is 0 Å². The van der Waals surface area contributed by atoms with Gasteiger partial charge in [-0.2, -0.15) is 0 Å². The molecule has 0 spiro atoms. The Kier molecular flexibility index (Phi) is 4.16. The maximum absolute atomic E-state index is 13.8. The Balaban J connectivity index is 2.39. The molecule has 114 valence electrons. The van der Waals surface area contributed by atoms with E-state index in [4.69, 9.17) is 4.74 Å². The SMILES string of the molecule is COc1ccc(N2C(=O)CC(C)C(C(=O)O)C2C)cc1F. The normalized spacial score (nSPS) is 25.8. The number of hydrogen-bond donors (Lipinski definition) is 1. The number of rotatable bonds is 3. The highest BCUT2D eigenvalue weighted by Gasteiger charge is 2.42. The second-order valence-corrected chi connectivity index (χ2v) is 5.37. The van der Waals surface area contributed by atoms with Gasteiger partial charge >= 0.3 is 5.97 Å². The first-order valence-electron chi connectivity index (χ1n) is 6.75. The van der Waals surface area contributed by atoms with E-state index in [1.165, 1.54) is 24.1 Å². The quantitative estimate of drug-likeness (QED) is 0.929. The van der Waals surface area contributed by atoms with Gasteiger partial charge in [-0.15, -0.1) is 0 Å². The minimum absolute atomic E-state index is 0.0824. The van der Waals surface area contributed by atoms with Crippen molar-refractivity contribution in [3.05, 3.63) is 24.0 Å². The second-order valence-electron chi connectivity index (χ2n) is 5.37. The number of carboxylic acids is 1. The monoisotopic (exact) mass is 295 g/mol. The zero-order valence-electron chi connectivity index (χ0n) is 12.2. The molecule has 1 heterocycles. The van der Waals surface area contributed by atoms with Gasteiger partial charge in [-0.3, -0.25) is 9.59 Å². The Morgan fingerprint density at radius 3 is 2.62 bits per heavy atom. The predicted octanol–water partition coefficient (Wildman–Crippen LogP) is 2.30. The molecule has 0 radical (unpaired) electrons. The Labute approximate surface area is 122 Å². The first-order valence-corrected chi connectivity index (χ1v) is 6.75. The molecule has 0 bridgehead atoms. The number of aliphatic carboxylic acids is 1. The smallest absolute Gasteiger partial charge is 0.308 e. The fraction of sp³-hybridized carbons (Fsp3) is 0.467. The van der Waals surface area contributed by atoms with E-state index in [1.54, 1.807) is 19.9 Å². The van der Waals surface area contributed by atoms with Crippen molar-refractivity contribution in [2.75, 3.05) is 12.0 Å². The maximum Gasteiger partial charge on any atom is 0.308 e. The van der Waals surface area contributed by atoms with Gasteiger partial charge in [-0.1, -0.05) is 6.92 Å². The van der Waals surface area contributed by atoms with Crippen LogP contribution >= 0.6 is 0 Å². The Morgan fingerprint density at radius 2 is 2.10 bits per heavy atom. The van der Waals surface area contributed by atoms with E-state index in [1.807, 2.05) is 0 Å². The molecule has 1 aromatic carbocycles. The van der Waals surface area contributed by atoms with Crippen molar-refractivity contribution in [2.24, 2.45) is 11.8 Å². The fourth-order valence-electron chi connectivity index (χ4n) is 3.00. The summed E-state index contributed by atoms with van der Waals surface area (Å²) in [6.45, 7) is 3.42. The van der Waals surface area contributed by atoms with E-state index in [0.29, 0.717) is 5.69 Å². The highest BCUT2D eigenvalue weighted by atomic mass is 19.1. The van der Waals surface area contributed by atoms with Gasteiger partial charge in [0.15, 0.2) is 11.6 Å². The average Bonchev–Trinajstić information content (AvgIpc) is 2.37. The van der Waals surface area contributed by atoms with Crippen LogP contribution in [0, 0.1) is 17.7 Å². The van der Waals surface area contributed by atoms with Crippen molar-refractivity contribution in [3.8, 4) is 5.75 Å². The number of ether oxygens (including phenoxy) is 1. The lowest BCUT2D eigenvalue weighted by Gasteiger charge is -2.40. The highest BCUT2D eigenvalue weighted by Crippen LogP contribution is 2.35. The van der Waals surface area contributed by atoms with Crippen LogP contribution in [-0.4, -0.2) is 30.1 Å². The summed E-state index contributed by atoms with van der Waals surface area (Å²) < 4.78 is 18.7. The van der Waals surface area contributed by atoms with Crippen LogP contribution in [0.25, 0.3) is 0 Å². The molecular weight excluding hydrogens is 277 g/mol. The van der Waals surface area contributed by atoms with Gasteiger partial charge < -0.3 is 14.7 Å². The van der Waals surface area contributed by atoms with Crippen molar-refractivity contribution < 1.29 is 23.8 Å². The number of carbonyl (C=O) groups is 2. The number of amides is 1. The molecule has 21 heavy (non-hydrogen) atoms. The summed E-state index contributed by atoms with van der Waals surface area (Å²) in [6.07, 6.45) is 0.134. The number of nitrogens with zero attached hydrogens (tertiary/aromatic N) is 1. The van der Waals surface area contributed by atoms with Crippen molar-refractivity contribution in [2.45, 2.75) is 26.3 Å². The van der Waals surface area contributed by atoms with E-state index in [-0.39, 0.29) is 24.0 Å². The van der Waals surface area contributed by atoms with Gasteiger partial charge in [0, 0.05) is 24.2 Å².